The highest BCUT2D eigenvalue weighted by Gasteiger charge is 2.10. The number of hydrogen-bond donors (Lipinski definition) is 2. The second-order valence-electron chi connectivity index (χ2n) is 5.68. The molecule has 5 nitrogen and oxygen atoms in total. The van der Waals surface area contributed by atoms with Crippen molar-refractivity contribution >= 4 is 44.8 Å². The van der Waals surface area contributed by atoms with Crippen molar-refractivity contribution in [3.63, 3.8) is 0 Å². The summed E-state index contributed by atoms with van der Waals surface area (Å²) in [7, 11) is 3.89. The minimum absolute atomic E-state index is 0.232. The van der Waals surface area contributed by atoms with E-state index in [-0.39, 0.29) is 18.2 Å². The molecule has 0 radical (unpaired) electrons. The fourth-order valence-corrected chi connectivity index (χ4v) is 2.37. The summed E-state index contributed by atoms with van der Waals surface area (Å²) < 4.78 is 0.972. The van der Waals surface area contributed by atoms with E-state index in [1.165, 1.54) is 0 Å². The van der Waals surface area contributed by atoms with Crippen LogP contribution in [0.25, 0.3) is 0 Å². The highest BCUT2D eigenvalue weighted by atomic mass is 79.9. The molecule has 126 valence electrons. The molecule has 0 aromatic heterocycles. The molecule has 0 aliphatic heterocycles. The third-order valence-corrected chi connectivity index (χ3v) is 4.32. The number of nitrogens with zero attached hydrogens (tertiary/aromatic N) is 1. The number of benzene rings is 2. The summed E-state index contributed by atoms with van der Waals surface area (Å²) in [5.74, 6) is -0.696. The summed E-state index contributed by atoms with van der Waals surface area (Å²) in [6.45, 7) is 1.93. The quantitative estimate of drug-likeness (QED) is 0.764. The number of amides is 2. The molecule has 2 N–H and O–H groups in total. The number of carbonyl (C=O) groups excluding carboxylic acids is 2. The van der Waals surface area contributed by atoms with Crippen LogP contribution < -0.4 is 15.5 Å². The predicted octanol–water partition coefficient (Wildman–Crippen LogP) is 3.79. The van der Waals surface area contributed by atoms with Crippen molar-refractivity contribution in [2.75, 3.05) is 29.6 Å². The first-order chi connectivity index (χ1) is 11.3. The monoisotopic (exact) mass is 389 g/mol. The largest absolute Gasteiger partial charge is 0.378 e. The zero-order valence-corrected chi connectivity index (χ0v) is 15.5. The number of anilines is 3. The summed E-state index contributed by atoms with van der Waals surface area (Å²) in [6.07, 6.45) is -0.232. The fourth-order valence-electron chi connectivity index (χ4n) is 2.12. The lowest BCUT2D eigenvalue weighted by Gasteiger charge is -2.13. The van der Waals surface area contributed by atoms with Gasteiger partial charge in [-0.1, -0.05) is 15.9 Å². The molecule has 0 aliphatic carbocycles. The van der Waals surface area contributed by atoms with Crippen molar-refractivity contribution in [2.24, 2.45) is 0 Å². The van der Waals surface area contributed by atoms with Gasteiger partial charge in [0.1, 0.15) is 6.42 Å². The average molecular weight is 390 g/mol. The van der Waals surface area contributed by atoms with Gasteiger partial charge in [-0.2, -0.15) is 0 Å². The lowest BCUT2D eigenvalue weighted by molar-refractivity contribution is -0.123. The van der Waals surface area contributed by atoms with Crippen LogP contribution in [0.1, 0.15) is 12.0 Å². The Morgan fingerprint density at radius 3 is 2.04 bits per heavy atom. The molecule has 0 atom stereocenters. The van der Waals surface area contributed by atoms with E-state index < -0.39 is 0 Å². The predicted molar refractivity (Wildman–Crippen MR) is 102 cm³/mol. The van der Waals surface area contributed by atoms with Gasteiger partial charge in [0, 0.05) is 35.6 Å². The zero-order chi connectivity index (χ0) is 17.7. The van der Waals surface area contributed by atoms with E-state index in [9.17, 15) is 9.59 Å². The summed E-state index contributed by atoms with van der Waals surface area (Å²) in [4.78, 5) is 25.9. The van der Waals surface area contributed by atoms with E-state index in [4.69, 9.17) is 0 Å². The Balaban J connectivity index is 1.89. The van der Waals surface area contributed by atoms with E-state index in [1.54, 1.807) is 6.07 Å². The second kappa shape index (κ2) is 7.97. The van der Waals surface area contributed by atoms with Crippen LogP contribution in [0.3, 0.4) is 0 Å². The highest BCUT2D eigenvalue weighted by Crippen LogP contribution is 2.20. The van der Waals surface area contributed by atoms with Gasteiger partial charge in [0.25, 0.3) is 0 Å². The standard InChI is InChI=1S/C18H20BrN3O2/c1-12-10-14(6-9-16(12)19)21-18(24)11-17(23)20-13-4-7-15(8-5-13)22(2)3/h4-10H,11H2,1-3H3,(H,20,23)(H,21,24). The van der Waals surface area contributed by atoms with Gasteiger partial charge < -0.3 is 15.5 Å². The lowest BCUT2D eigenvalue weighted by Crippen LogP contribution is -2.21. The zero-order valence-electron chi connectivity index (χ0n) is 13.9. The molecule has 0 saturated carbocycles. The first kappa shape index (κ1) is 18.0. The molecule has 0 aliphatic rings. The highest BCUT2D eigenvalue weighted by molar-refractivity contribution is 9.10. The Kier molecular flexibility index (Phi) is 5.98. The number of halogens is 1. The molecule has 24 heavy (non-hydrogen) atoms. The summed E-state index contributed by atoms with van der Waals surface area (Å²) in [5.41, 5.74) is 3.39. The first-order valence-electron chi connectivity index (χ1n) is 7.48. The molecule has 2 rings (SSSR count). The van der Waals surface area contributed by atoms with Crippen molar-refractivity contribution in [3.8, 4) is 0 Å². The molecule has 0 heterocycles. The number of rotatable bonds is 5. The Morgan fingerprint density at radius 2 is 1.50 bits per heavy atom. The van der Waals surface area contributed by atoms with Crippen LogP contribution in [0.5, 0.6) is 0 Å². The maximum absolute atomic E-state index is 12.0. The molecule has 0 fully saturated rings. The lowest BCUT2D eigenvalue weighted by atomic mass is 10.2. The molecular formula is C18H20BrN3O2. The Hall–Kier alpha value is -2.34. The molecule has 6 heteroatoms. The molecule has 2 amide bonds. The van der Waals surface area contributed by atoms with Gasteiger partial charge in [0.2, 0.25) is 11.8 Å². The number of carbonyl (C=O) groups is 2. The van der Waals surface area contributed by atoms with E-state index in [0.717, 1.165) is 15.7 Å². The Bertz CT molecular complexity index is 742. The van der Waals surface area contributed by atoms with E-state index in [0.29, 0.717) is 11.4 Å². The van der Waals surface area contributed by atoms with Gasteiger partial charge in [0.05, 0.1) is 0 Å². The molecular weight excluding hydrogens is 370 g/mol. The van der Waals surface area contributed by atoms with Gasteiger partial charge in [-0.3, -0.25) is 9.59 Å². The molecule has 2 aromatic rings. The van der Waals surface area contributed by atoms with Gasteiger partial charge in [0.15, 0.2) is 0 Å². The van der Waals surface area contributed by atoms with Crippen molar-refractivity contribution in [1.29, 1.82) is 0 Å². The van der Waals surface area contributed by atoms with Crippen LogP contribution in [0, 0.1) is 6.92 Å². The van der Waals surface area contributed by atoms with Gasteiger partial charge in [-0.15, -0.1) is 0 Å². The van der Waals surface area contributed by atoms with E-state index >= 15 is 0 Å². The van der Waals surface area contributed by atoms with Gasteiger partial charge in [-0.05, 0) is 55.0 Å². The molecule has 0 unspecified atom stereocenters. The normalized spacial score (nSPS) is 10.2. The van der Waals surface area contributed by atoms with Crippen LogP contribution in [-0.4, -0.2) is 25.9 Å². The number of aryl methyl sites for hydroxylation is 1. The van der Waals surface area contributed by atoms with Crippen LogP contribution in [0.4, 0.5) is 17.1 Å². The number of hydrogen-bond acceptors (Lipinski definition) is 3. The van der Waals surface area contributed by atoms with E-state index in [1.807, 2.05) is 62.3 Å². The summed E-state index contributed by atoms with van der Waals surface area (Å²) >= 11 is 3.41. The van der Waals surface area contributed by atoms with Crippen molar-refractivity contribution in [1.82, 2.24) is 0 Å². The maximum atomic E-state index is 12.0. The summed E-state index contributed by atoms with van der Waals surface area (Å²) in [6, 6.07) is 12.9. The maximum Gasteiger partial charge on any atom is 0.233 e. The SMILES string of the molecule is Cc1cc(NC(=O)CC(=O)Nc2ccc(N(C)C)cc2)ccc1Br. The topological polar surface area (TPSA) is 61.4 Å². The van der Waals surface area contributed by atoms with Gasteiger partial charge >= 0.3 is 0 Å². The van der Waals surface area contributed by atoms with Gasteiger partial charge in [-0.25, -0.2) is 0 Å². The van der Waals surface area contributed by atoms with Crippen LogP contribution in [0.15, 0.2) is 46.9 Å². The number of nitrogens with one attached hydrogen (secondary N) is 2. The Morgan fingerprint density at radius 1 is 0.958 bits per heavy atom. The minimum atomic E-state index is -0.348. The van der Waals surface area contributed by atoms with Crippen molar-refractivity contribution in [2.45, 2.75) is 13.3 Å². The van der Waals surface area contributed by atoms with Crippen molar-refractivity contribution < 1.29 is 9.59 Å². The average Bonchev–Trinajstić information content (AvgIpc) is 2.51. The third-order valence-electron chi connectivity index (χ3n) is 3.43. The van der Waals surface area contributed by atoms with Crippen LogP contribution in [-0.2, 0) is 9.59 Å². The molecule has 0 saturated heterocycles. The molecule has 2 aromatic carbocycles. The minimum Gasteiger partial charge on any atom is -0.378 e. The van der Waals surface area contributed by atoms with Crippen LogP contribution in [0.2, 0.25) is 0 Å². The molecule has 0 spiro atoms. The van der Waals surface area contributed by atoms with E-state index in [2.05, 4.69) is 26.6 Å². The van der Waals surface area contributed by atoms with Crippen LogP contribution >= 0.6 is 15.9 Å². The third kappa shape index (κ3) is 5.09. The van der Waals surface area contributed by atoms with Crippen molar-refractivity contribution in [3.05, 3.63) is 52.5 Å². The second-order valence-corrected chi connectivity index (χ2v) is 6.53. The summed E-state index contributed by atoms with van der Waals surface area (Å²) in [5, 5.41) is 5.44. The molecule has 0 bridgehead atoms. The first-order valence-corrected chi connectivity index (χ1v) is 8.27. The smallest absolute Gasteiger partial charge is 0.233 e. The Labute approximate surface area is 150 Å². The fraction of sp³-hybridized carbons (Fsp3) is 0.222.